The van der Waals surface area contributed by atoms with Crippen LogP contribution in [0.1, 0.15) is 0 Å². The van der Waals surface area contributed by atoms with E-state index < -0.39 is 0 Å². The number of fused-ring (bicyclic) bond motifs is 12. The molecule has 0 radical (unpaired) electrons. The first-order valence-corrected chi connectivity index (χ1v) is 35.7. The molecule has 6 aromatic heterocycles. The van der Waals surface area contributed by atoms with Crippen molar-refractivity contribution in [3.63, 3.8) is 0 Å². The van der Waals surface area contributed by atoms with Gasteiger partial charge in [-0.2, -0.15) is 9.97 Å². The first kappa shape index (κ1) is 60.3. The lowest BCUT2D eigenvalue weighted by atomic mass is 9.91. The maximum absolute atomic E-state index is 5.56. The van der Waals surface area contributed by atoms with E-state index in [0.29, 0.717) is 35.1 Å². The molecule has 0 fully saturated rings. The highest BCUT2D eigenvalue weighted by atomic mass is 15.2. The molecule has 15 aromatic carbocycles. The SMILES string of the molecule is c1ccc(-c2nc(-c3ccccc3)nc(-c3ccc(-n4c5ccccc5c5cc(-c6cccc(-c7nc(-c8ccccc8)nc(-n8c9ccccc9c9cc(-c%10ccc%11c%12ccccc%12n(-c%12ccccc%12)c%11c%10)ccc98)n7)c6)c(-c6ccc7c(c6)c6ccccc6n7-c6ccccc6)cc54)cc3)n2)cc1. The lowest BCUT2D eigenvalue weighted by Crippen LogP contribution is -2.06. The highest BCUT2D eigenvalue weighted by Gasteiger charge is 2.24. The van der Waals surface area contributed by atoms with E-state index in [4.69, 9.17) is 29.9 Å². The van der Waals surface area contributed by atoms with E-state index >= 15 is 0 Å². The molecule has 0 aliphatic heterocycles. The standard InChI is InChI=1S/C96H60N10/c1-6-25-61(26-7-1)91-97-92(62-27-8-2-9-28-62)99-93(98-91)64-45-50-72(51-46-64)105-85-43-22-18-40-76(85)82-59-78(79(60-90(82)105)68-49-54-87-81(57-68)74-38-17-21-42-84(74)103(87)70-33-12-4-13-34-70)67-31-24-32-69(55-67)95-100-94(63-29-10-3-11-30-63)101-96(102-95)106-86-44-23-19-39-75(86)80-56-65(48-53-88(80)106)66-47-52-77-73-37-16-20-41-83(73)104(89(77)58-66)71-35-14-5-15-36-71/h1-60H. The van der Waals surface area contributed by atoms with Crippen molar-refractivity contribution in [2.75, 3.05) is 0 Å². The van der Waals surface area contributed by atoms with Crippen molar-refractivity contribution in [3.8, 4) is 113 Å². The summed E-state index contributed by atoms with van der Waals surface area (Å²) in [5, 5.41) is 9.22. The Hall–Kier alpha value is -14.5. The normalized spacial score (nSPS) is 11.8. The van der Waals surface area contributed by atoms with Crippen molar-refractivity contribution in [1.82, 2.24) is 48.2 Å². The topological polar surface area (TPSA) is 97.1 Å². The third-order valence-corrected chi connectivity index (χ3v) is 20.9. The van der Waals surface area contributed by atoms with Crippen molar-refractivity contribution in [2.45, 2.75) is 0 Å². The summed E-state index contributed by atoms with van der Waals surface area (Å²) >= 11 is 0. The minimum Gasteiger partial charge on any atom is -0.309 e. The second kappa shape index (κ2) is 24.7. The van der Waals surface area contributed by atoms with Crippen LogP contribution in [0.2, 0.25) is 0 Å². The molecular weight excluding hydrogens is 1290 g/mol. The zero-order chi connectivity index (χ0) is 69.8. The second-order valence-corrected chi connectivity index (χ2v) is 27.0. The predicted molar refractivity (Wildman–Crippen MR) is 434 cm³/mol. The molecule has 0 N–H and O–H groups in total. The Kier molecular flexibility index (Phi) is 14.0. The number of benzene rings is 15. The van der Waals surface area contributed by atoms with Crippen LogP contribution in [0.5, 0.6) is 0 Å². The maximum atomic E-state index is 5.56. The fraction of sp³-hybridized carbons (Fsp3) is 0. The molecule has 0 aliphatic carbocycles. The fourth-order valence-corrected chi connectivity index (χ4v) is 16.0. The molecule has 0 atom stereocenters. The lowest BCUT2D eigenvalue weighted by Gasteiger charge is -2.15. The number of para-hydroxylation sites is 6. The third kappa shape index (κ3) is 10.0. The van der Waals surface area contributed by atoms with E-state index in [2.05, 4.69) is 303 Å². The van der Waals surface area contributed by atoms with Gasteiger partial charge in [-0.15, -0.1) is 0 Å². The summed E-state index contributed by atoms with van der Waals surface area (Å²) in [6, 6.07) is 129. The van der Waals surface area contributed by atoms with E-state index in [0.717, 1.165) is 144 Å². The number of hydrogen-bond donors (Lipinski definition) is 0. The monoisotopic (exact) mass is 1350 g/mol. The van der Waals surface area contributed by atoms with Gasteiger partial charge in [-0.3, -0.25) is 4.57 Å². The number of aromatic nitrogens is 10. The average molecular weight is 1350 g/mol. The third-order valence-electron chi connectivity index (χ3n) is 20.9. The van der Waals surface area contributed by atoms with Gasteiger partial charge in [0.05, 0.1) is 44.1 Å². The molecule has 10 heteroatoms. The molecule has 0 saturated carbocycles. The first-order chi connectivity index (χ1) is 52.5. The molecular formula is C96H60N10. The van der Waals surface area contributed by atoms with E-state index in [-0.39, 0.29) is 0 Å². The molecule has 0 aliphatic rings. The maximum Gasteiger partial charge on any atom is 0.238 e. The number of rotatable bonds is 12. The van der Waals surface area contributed by atoms with Crippen LogP contribution >= 0.6 is 0 Å². The Morgan fingerprint density at radius 3 is 0.981 bits per heavy atom. The second-order valence-electron chi connectivity index (χ2n) is 27.0. The van der Waals surface area contributed by atoms with E-state index in [1.807, 2.05) is 78.9 Å². The smallest absolute Gasteiger partial charge is 0.238 e. The zero-order valence-corrected chi connectivity index (χ0v) is 57.1. The van der Waals surface area contributed by atoms with Crippen LogP contribution in [0.25, 0.3) is 201 Å². The van der Waals surface area contributed by atoms with E-state index in [9.17, 15) is 0 Å². The predicted octanol–water partition coefficient (Wildman–Crippen LogP) is 23.8. The largest absolute Gasteiger partial charge is 0.309 e. The summed E-state index contributed by atoms with van der Waals surface area (Å²) in [6.45, 7) is 0. The van der Waals surface area contributed by atoms with Crippen molar-refractivity contribution in [1.29, 1.82) is 0 Å². The van der Waals surface area contributed by atoms with Gasteiger partial charge in [0.25, 0.3) is 0 Å². The van der Waals surface area contributed by atoms with Crippen LogP contribution in [0.4, 0.5) is 0 Å². The van der Waals surface area contributed by atoms with Gasteiger partial charge in [-0.25, -0.2) is 19.9 Å². The molecule has 21 rings (SSSR count). The van der Waals surface area contributed by atoms with Crippen LogP contribution in [-0.4, -0.2) is 48.2 Å². The molecule has 0 amide bonds. The van der Waals surface area contributed by atoms with E-state index in [1.54, 1.807) is 0 Å². The quantitative estimate of drug-likeness (QED) is 0.121. The summed E-state index contributed by atoms with van der Waals surface area (Å²) in [6.07, 6.45) is 0. The van der Waals surface area contributed by atoms with Gasteiger partial charge in [0.15, 0.2) is 29.1 Å². The molecule has 0 spiro atoms. The first-order valence-electron chi connectivity index (χ1n) is 35.7. The molecule has 106 heavy (non-hydrogen) atoms. The summed E-state index contributed by atoms with van der Waals surface area (Å²) in [5.41, 5.74) is 22.9. The highest BCUT2D eigenvalue weighted by Crippen LogP contribution is 2.45. The van der Waals surface area contributed by atoms with Crippen LogP contribution in [0, 0.1) is 0 Å². The van der Waals surface area contributed by atoms with Crippen LogP contribution < -0.4 is 0 Å². The fourth-order valence-electron chi connectivity index (χ4n) is 16.0. The molecule has 0 unspecified atom stereocenters. The van der Waals surface area contributed by atoms with Gasteiger partial charge in [-0.1, -0.05) is 243 Å². The Labute approximate surface area is 609 Å². The summed E-state index contributed by atoms with van der Waals surface area (Å²) in [4.78, 5) is 31.6. The average Bonchev–Trinajstić information content (AvgIpc) is 1.58. The molecule has 10 nitrogen and oxygen atoms in total. The van der Waals surface area contributed by atoms with Crippen molar-refractivity contribution in [2.24, 2.45) is 0 Å². The van der Waals surface area contributed by atoms with Crippen LogP contribution in [0.3, 0.4) is 0 Å². The molecule has 0 saturated heterocycles. The van der Waals surface area contributed by atoms with Gasteiger partial charge in [0.1, 0.15) is 0 Å². The zero-order valence-electron chi connectivity index (χ0n) is 57.1. The lowest BCUT2D eigenvalue weighted by molar-refractivity contribution is 0.953. The van der Waals surface area contributed by atoms with Crippen molar-refractivity contribution >= 4 is 87.2 Å². The van der Waals surface area contributed by atoms with Crippen LogP contribution in [-0.2, 0) is 0 Å². The summed E-state index contributed by atoms with van der Waals surface area (Å²) in [5.74, 6) is 3.48. The summed E-state index contributed by atoms with van der Waals surface area (Å²) in [7, 11) is 0. The minimum absolute atomic E-state index is 0.523. The molecule has 494 valence electrons. The number of nitrogens with zero attached hydrogens (tertiary/aromatic N) is 10. The van der Waals surface area contributed by atoms with Gasteiger partial charge >= 0.3 is 0 Å². The Bertz CT molecular complexity index is 6980. The van der Waals surface area contributed by atoms with Gasteiger partial charge in [0, 0.05) is 88.0 Å². The van der Waals surface area contributed by atoms with Gasteiger partial charge in [-0.05, 0) is 155 Å². The van der Waals surface area contributed by atoms with Crippen molar-refractivity contribution < 1.29 is 0 Å². The van der Waals surface area contributed by atoms with Gasteiger partial charge in [0.2, 0.25) is 5.95 Å². The minimum atomic E-state index is 0.523. The molecule has 0 bridgehead atoms. The molecule has 6 heterocycles. The Morgan fingerprint density at radius 1 is 0.151 bits per heavy atom. The van der Waals surface area contributed by atoms with Crippen molar-refractivity contribution in [3.05, 3.63) is 364 Å². The number of hydrogen-bond acceptors (Lipinski definition) is 6. The highest BCUT2D eigenvalue weighted by molar-refractivity contribution is 6.16. The Balaban J connectivity index is 0.732. The summed E-state index contributed by atoms with van der Waals surface area (Å²) < 4.78 is 9.37. The van der Waals surface area contributed by atoms with Gasteiger partial charge < -0.3 is 13.7 Å². The Morgan fingerprint density at radius 2 is 0.453 bits per heavy atom. The van der Waals surface area contributed by atoms with E-state index in [1.165, 1.54) is 21.7 Å². The molecule has 21 aromatic rings. The van der Waals surface area contributed by atoms with Crippen LogP contribution in [0.15, 0.2) is 364 Å².